The molecule has 2 heterocycles. The highest BCUT2D eigenvalue weighted by Crippen LogP contribution is 2.19. The number of urea groups is 1. The predicted octanol–water partition coefficient (Wildman–Crippen LogP) is 2.39. The quantitative estimate of drug-likeness (QED) is 0.797. The number of hydrogen-bond donors (Lipinski definition) is 1. The molecule has 0 radical (unpaired) electrons. The number of anilines is 1. The molecule has 1 atom stereocenters. The fourth-order valence-corrected chi connectivity index (χ4v) is 3.66. The number of benzene rings is 1. The molecule has 1 fully saturated rings. The standard InChI is InChI=1S/C21H30N6O/c1-3-25(4-2)19(18-9-6-5-7-10-18)17-24-21(28)27-15-13-26(14-16-27)20-22-11-8-12-23-20/h5-12,19H,3-4,13-17H2,1-2H3,(H,24,28). The molecular formula is C21H30N6O. The van der Waals surface area contributed by atoms with E-state index in [9.17, 15) is 4.79 Å². The molecule has 1 aliphatic heterocycles. The van der Waals surface area contributed by atoms with Crippen LogP contribution in [0.3, 0.4) is 0 Å². The van der Waals surface area contributed by atoms with Crippen LogP contribution in [0.4, 0.5) is 10.7 Å². The first kappa shape index (κ1) is 20.1. The lowest BCUT2D eigenvalue weighted by Gasteiger charge is -2.35. The molecule has 0 spiro atoms. The summed E-state index contributed by atoms with van der Waals surface area (Å²) >= 11 is 0. The summed E-state index contributed by atoms with van der Waals surface area (Å²) in [6.45, 7) is 9.65. The second kappa shape index (κ2) is 10.0. The predicted molar refractivity (Wildman–Crippen MR) is 111 cm³/mol. The van der Waals surface area contributed by atoms with E-state index in [0.717, 1.165) is 32.1 Å². The van der Waals surface area contributed by atoms with Crippen LogP contribution in [0.2, 0.25) is 0 Å². The second-order valence-electron chi connectivity index (χ2n) is 6.86. The highest BCUT2D eigenvalue weighted by Gasteiger charge is 2.24. The Labute approximate surface area is 167 Å². The van der Waals surface area contributed by atoms with Crippen molar-refractivity contribution >= 4 is 12.0 Å². The molecule has 7 nitrogen and oxygen atoms in total. The van der Waals surface area contributed by atoms with Crippen molar-refractivity contribution in [1.82, 2.24) is 25.1 Å². The molecule has 150 valence electrons. The van der Waals surface area contributed by atoms with Gasteiger partial charge in [0.1, 0.15) is 0 Å². The molecule has 7 heteroatoms. The van der Waals surface area contributed by atoms with Crippen LogP contribution < -0.4 is 10.2 Å². The monoisotopic (exact) mass is 382 g/mol. The summed E-state index contributed by atoms with van der Waals surface area (Å²) in [5.74, 6) is 0.730. The molecule has 0 aliphatic carbocycles. The Morgan fingerprint density at radius 2 is 1.68 bits per heavy atom. The summed E-state index contributed by atoms with van der Waals surface area (Å²) in [4.78, 5) is 27.7. The maximum atomic E-state index is 12.7. The molecule has 0 bridgehead atoms. The highest BCUT2D eigenvalue weighted by molar-refractivity contribution is 5.74. The molecule has 0 saturated carbocycles. The minimum atomic E-state index is 0.00159. The summed E-state index contributed by atoms with van der Waals surface area (Å²) in [5.41, 5.74) is 1.23. The van der Waals surface area contributed by atoms with Crippen LogP contribution >= 0.6 is 0 Å². The van der Waals surface area contributed by atoms with Crippen LogP contribution in [0, 0.1) is 0 Å². The van der Waals surface area contributed by atoms with Crippen molar-refractivity contribution in [1.29, 1.82) is 0 Å². The Kier molecular flexibility index (Phi) is 7.19. The number of piperazine rings is 1. The number of rotatable bonds is 7. The topological polar surface area (TPSA) is 64.6 Å². The summed E-state index contributed by atoms with van der Waals surface area (Å²) in [6.07, 6.45) is 3.50. The lowest BCUT2D eigenvalue weighted by Crippen LogP contribution is -2.53. The van der Waals surface area contributed by atoms with Gasteiger partial charge in [0.2, 0.25) is 5.95 Å². The summed E-state index contributed by atoms with van der Waals surface area (Å²) in [6, 6.07) is 12.4. The van der Waals surface area contributed by atoms with Gasteiger partial charge < -0.3 is 15.1 Å². The number of hydrogen-bond acceptors (Lipinski definition) is 5. The van der Waals surface area contributed by atoms with Crippen molar-refractivity contribution < 1.29 is 4.79 Å². The smallest absolute Gasteiger partial charge is 0.317 e. The summed E-state index contributed by atoms with van der Waals surface area (Å²) in [7, 11) is 0. The van der Waals surface area contributed by atoms with E-state index in [2.05, 4.69) is 63.2 Å². The maximum absolute atomic E-state index is 12.7. The van der Waals surface area contributed by atoms with Gasteiger partial charge in [0.05, 0.1) is 6.04 Å². The van der Waals surface area contributed by atoms with Crippen molar-refractivity contribution in [2.45, 2.75) is 19.9 Å². The second-order valence-corrected chi connectivity index (χ2v) is 6.86. The third-order valence-corrected chi connectivity index (χ3v) is 5.29. The average molecular weight is 383 g/mol. The Morgan fingerprint density at radius 3 is 2.29 bits per heavy atom. The van der Waals surface area contributed by atoms with Gasteiger partial charge in [-0.1, -0.05) is 44.2 Å². The van der Waals surface area contributed by atoms with Crippen LogP contribution in [0.25, 0.3) is 0 Å². The maximum Gasteiger partial charge on any atom is 0.317 e. The molecule has 1 aliphatic rings. The molecule has 28 heavy (non-hydrogen) atoms. The van der Waals surface area contributed by atoms with Gasteiger partial charge in [-0.2, -0.15) is 0 Å². The number of carbonyl (C=O) groups excluding carboxylic acids is 1. The Balaban J connectivity index is 1.55. The first-order chi connectivity index (χ1) is 13.7. The molecule has 1 N–H and O–H groups in total. The highest BCUT2D eigenvalue weighted by atomic mass is 16.2. The van der Waals surface area contributed by atoms with Crippen LogP contribution in [0.15, 0.2) is 48.8 Å². The molecule has 2 amide bonds. The van der Waals surface area contributed by atoms with Crippen molar-refractivity contribution in [3.05, 3.63) is 54.4 Å². The van der Waals surface area contributed by atoms with Gasteiger partial charge in [-0.3, -0.25) is 4.90 Å². The molecule has 1 aromatic carbocycles. The van der Waals surface area contributed by atoms with Crippen LogP contribution in [0.5, 0.6) is 0 Å². The van der Waals surface area contributed by atoms with E-state index >= 15 is 0 Å². The van der Waals surface area contributed by atoms with Gasteiger partial charge in [-0.05, 0) is 24.7 Å². The van der Waals surface area contributed by atoms with Gasteiger partial charge >= 0.3 is 6.03 Å². The van der Waals surface area contributed by atoms with Gasteiger partial charge in [0.25, 0.3) is 0 Å². The molecule has 2 aromatic rings. The van der Waals surface area contributed by atoms with E-state index in [0.29, 0.717) is 19.6 Å². The average Bonchev–Trinajstić information content (AvgIpc) is 2.77. The number of nitrogens with zero attached hydrogens (tertiary/aromatic N) is 5. The SMILES string of the molecule is CCN(CC)C(CNC(=O)N1CCN(c2ncccn2)CC1)c1ccccc1. The van der Waals surface area contributed by atoms with Crippen LogP contribution in [-0.2, 0) is 0 Å². The Hall–Kier alpha value is -2.67. The van der Waals surface area contributed by atoms with Crippen molar-refractivity contribution in [2.75, 3.05) is 50.7 Å². The molecule has 3 rings (SSSR count). The van der Waals surface area contributed by atoms with E-state index in [1.807, 2.05) is 17.0 Å². The third kappa shape index (κ3) is 4.98. The minimum Gasteiger partial charge on any atom is -0.337 e. The number of aromatic nitrogens is 2. The number of amides is 2. The van der Waals surface area contributed by atoms with E-state index in [-0.39, 0.29) is 12.1 Å². The first-order valence-corrected chi connectivity index (χ1v) is 10.1. The van der Waals surface area contributed by atoms with Gasteiger partial charge in [-0.15, -0.1) is 0 Å². The van der Waals surface area contributed by atoms with Crippen molar-refractivity contribution in [3.8, 4) is 0 Å². The zero-order valence-electron chi connectivity index (χ0n) is 16.8. The zero-order valence-corrected chi connectivity index (χ0v) is 16.8. The fourth-order valence-electron chi connectivity index (χ4n) is 3.66. The van der Waals surface area contributed by atoms with Gasteiger partial charge in [-0.25, -0.2) is 14.8 Å². The van der Waals surface area contributed by atoms with E-state index < -0.39 is 0 Å². The number of likely N-dealkylation sites (N-methyl/N-ethyl adjacent to an activating group) is 1. The van der Waals surface area contributed by atoms with Crippen molar-refractivity contribution in [3.63, 3.8) is 0 Å². The van der Waals surface area contributed by atoms with E-state index in [4.69, 9.17) is 0 Å². The van der Waals surface area contributed by atoms with Gasteiger partial charge in [0, 0.05) is 45.1 Å². The molecule has 1 aromatic heterocycles. The Morgan fingerprint density at radius 1 is 1.04 bits per heavy atom. The zero-order chi connectivity index (χ0) is 19.8. The largest absolute Gasteiger partial charge is 0.337 e. The number of nitrogens with one attached hydrogen (secondary N) is 1. The van der Waals surface area contributed by atoms with Gasteiger partial charge in [0.15, 0.2) is 0 Å². The van der Waals surface area contributed by atoms with E-state index in [1.54, 1.807) is 12.4 Å². The normalized spacial score (nSPS) is 15.5. The number of carbonyl (C=O) groups is 1. The lowest BCUT2D eigenvalue weighted by atomic mass is 10.1. The lowest BCUT2D eigenvalue weighted by molar-refractivity contribution is 0.180. The minimum absolute atomic E-state index is 0.00159. The third-order valence-electron chi connectivity index (χ3n) is 5.29. The first-order valence-electron chi connectivity index (χ1n) is 10.1. The van der Waals surface area contributed by atoms with Crippen molar-refractivity contribution in [2.24, 2.45) is 0 Å². The van der Waals surface area contributed by atoms with Crippen LogP contribution in [0.1, 0.15) is 25.5 Å². The molecular weight excluding hydrogens is 352 g/mol. The Bertz CT molecular complexity index is 714. The van der Waals surface area contributed by atoms with Crippen LogP contribution in [-0.4, -0.2) is 71.6 Å². The summed E-state index contributed by atoms with van der Waals surface area (Å²) < 4.78 is 0. The molecule has 1 unspecified atom stereocenters. The summed E-state index contributed by atoms with van der Waals surface area (Å²) in [5, 5.41) is 3.15. The fraction of sp³-hybridized carbons (Fsp3) is 0.476. The molecule has 1 saturated heterocycles. The van der Waals surface area contributed by atoms with E-state index in [1.165, 1.54) is 5.56 Å².